The van der Waals surface area contributed by atoms with Crippen LogP contribution in [0.25, 0.3) is 10.2 Å². The number of aromatic nitrogens is 2. The number of nitrogens with zero attached hydrogens (tertiary/aromatic N) is 2. The first-order valence-corrected chi connectivity index (χ1v) is 6.87. The van der Waals surface area contributed by atoms with Crippen LogP contribution >= 0.6 is 23.3 Å². The summed E-state index contributed by atoms with van der Waals surface area (Å²) in [5.41, 5.74) is 2.26. The average molecular weight is 258 g/mol. The predicted molar refractivity (Wildman–Crippen MR) is 72.7 cm³/mol. The van der Waals surface area contributed by atoms with Crippen molar-refractivity contribution in [2.75, 3.05) is 0 Å². The SMILES string of the molecule is Cc1ccc(Sc2ccc3nnsc3c2)cc1. The minimum absolute atomic E-state index is 0.975. The van der Waals surface area contributed by atoms with Gasteiger partial charge < -0.3 is 0 Å². The van der Waals surface area contributed by atoms with E-state index in [4.69, 9.17) is 0 Å². The van der Waals surface area contributed by atoms with Crippen LogP contribution in [0.2, 0.25) is 0 Å². The lowest BCUT2D eigenvalue weighted by Gasteiger charge is -2.01. The lowest BCUT2D eigenvalue weighted by Crippen LogP contribution is -1.75. The summed E-state index contributed by atoms with van der Waals surface area (Å²) in [6.07, 6.45) is 0. The second-order valence-electron chi connectivity index (χ2n) is 3.82. The monoisotopic (exact) mass is 258 g/mol. The Bertz CT molecular complexity index is 644. The molecular weight excluding hydrogens is 248 g/mol. The van der Waals surface area contributed by atoms with Gasteiger partial charge in [-0.25, -0.2) is 0 Å². The zero-order valence-electron chi connectivity index (χ0n) is 9.25. The van der Waals surface area contributed by atoms with E-state index in [1.165, 1.54) is 26.9 Å². The number of rotatable bonds is 2. The number of fused-ring (bicyclic) bond motifs is 1. The number of hydrogen-bond acceptors (Lipinski definition) is 4. The first-order valence-electron chi connectivity index (χ1n) is 5.28. The van der Waals surface area contributed by atoms with Gasteiger partial charge in [-0.15, -0.1) is 5.10 Å². The Labute approximate surface area is 108 Å². The molecule has 3 rings (SSSR count). The highest BCUT2D eigenvalue weighted by Gasteiger charge is 2.01. The van der Waals surface area contributed by atoms with Crippen LogP contribution in [0.4, 0.5) is 0 Å². The lowest BCUT2D eigenvalue weighted by molar-refractivity contribution is 1.20. The van der Waals surface area contributed by atoms with E-state index in [0.29, 0.717) is 0 Å². The summed E-state index contributed by atoms with van der Waals surface area (Å²) in [6, 6.07) is 14.8. The summed E-state index contributed by atoms with van der Waals surface area (Å²) in [4.78, 5) is 2.49. The van der Waals surface area contributed by atoms with Crippen LogP contribution < -0.4 is 0 Å². The third-order valence-corrected chi connectivity index (χ3v) is 4.16. The Morgan fingerprint density at radius 1 is 1.00 bits per heavy atom. The smallest absolute Gasteiger partial charge is 0.106 e. The summed E-state index contributed by atoms with van der Waals surface area (Å²) in [7, 11) is 0. The van der Waals surface area contributed by atoms with Gasteiger partial charge in [0, 0.05) is 9.79 Å². The molecular formula is C13H10N2S2. The van der Waals surface area contributed by atoms with Crippen LogP contribution in [0.1, 0.15) is 5.56 Å². The quantitative estimate of drug-likeness (QED) is 0.690. The van der Waals surface area contributed by atoms with Crippen molar-refractivity contribution < 1.29 is 0 Å². The molecule has 0 saturated carbocycles. The van der Waals surface area contributed by atoms with E-state index in [1.807, 2.05) is 6.07 Å². The van der Waals surface area contributed by atoms with Crippen molar-refractivity contribution in [3.05, 3.63) is 48.0 Å². The molecule has 0 aliphatic rings. The second kappa shape index (κ2) is 4.47. The highest BCUT2D eigenvalue weighted by molar-refractivity contribution is 7.99. The molecule has 0 aliphatic heterocycles. The first-order chi connectivity index (χ1) is 8.31. The minimum atomic E-state index is 0.975. The van der Waals surface area contributed by atoms with E-state index in [0.717, 1.165) is 10.2 Å². The number of aryl methyl sites for hydroxylation is 1. The summed E-state index contributed by atoms with van der Waals surface area (Å²) >= 11 is 3.21. The molecule has 2 nitrogen and oxygen atoms in total. The number of benzene rings is 2. The van der Waals surface area contributed by atoms with Crippen molar-refractivity contribution in [1.82, 2.24) is 9.59 Å². The van der Waals surface area contributed by atoms with E-state index >= 15 is 0 Å². The summed E-state index contributed by atoms with van der Waals surface area (Å²) in [5.74, 6) is 0. The Morgan fingerprint density at radius 2 is 1.76 bits per heavy atom. The van der Waals surface area contributed by atoms with Crippen LogP contribution in [-0.4, -0.2) is 9.59 Å². The first kappa shape index (κ1) is 10.7. The van der Waals surface area contributed by atoms with Gasteiger partial charge in [-0.2, -0.15) is 0 Å². The maximum atomic E-state index is 4.04. The van der Waals surface area contributed by atoms with Gasteiger partial charge in [0.25, 0.3) is 0 Å². The molecule has 0 unspecified atom stereocenters. The Kier molecular flexibility index (Phi) is 2.82. The highest BCUT2D eigenvalue weighted by Crippen LogP contribution is 2.30. The maximum absolute atomic E-state index is 4.04. The molecule has 1 heterocycles. The fourth-order valence-corrected chi connectivity index (χ4v) is 3.10. The van der Waals surface area contributed by atoms with E-state index < -0.39 is 0 Å². The summed E-state index contributed by atoms with van der Waals surface area (Å²) in [6.45, 7) is 2.10. The zero-order chi connectivity index (χ0) is 11.7. The van der Waals surface area contributed by atoms with Crippen LogP contribution in [0.15, 0.2) is 52.3 Å². The second-order valence-corrected chi connectivity index (χ2v) is 5.75. The molecule has 3 aromatic rings. The molecule has 4 heteroatoms. The average Bonchev–Trinajstić information content (AvgIpc) is 2.79. The standard InChI is InChI=1S/C13H10N2S2/c1-9-2-4-10(5-3-9)16-11-6-7-12-13(8-11)17-15-14-12/h2-8H,1H3. The molecule has 0 radical (unpaired) electrons. The topological polar surface area (TPSA) is 25.8 Å². The Hall–Kier alpha value is -1.39. The molecule has 0 fully saturated rings. The van der Waals surface area contributed by atoms with Crippen molar-refractivity contribution in [3.8, 4) is 0 Å². The van der Waals surface area contributed by atoms with Crippen LogP contribution in [0.3, 0.4) is 0 Å². The van der Waals surface area contributed by atoms with Crippen LogP contribution in [-0.2, 0) is 0 Å². The molecule has 0 atom stereocenters. The fraction of sp³-hybridized carbons (Fsp3) is 0.0769. The lowest BCUT2D eigenvalue weighted by atomic mass is 10.2. The molecule has 17 heavy (non-hydrogen) atoms. The van der Waals surface area contributed by atoms with Crippen molar-refractivity contribution in [2.24, 2.45) is 0 Å². The molecule has 2 aromatic carbocycles. The minimum Gasteiger partial charge on any atom is -0.138 e. The van der Waals surface area contributed by atoms with Gasteiger partial charge in [0.1, 0.15) is 5.52 Å². The van der Waals surface area contributed by atoms with Crippen LogP contribution in [0.5, 0.6) is 0 Å². The third kappa shape index (κ3) is 2.33. The van der Waals surface area contributed by atoms with Crippen molar-refractivity contribution in [2.45, 2.75) is 16.7 Å². The molecule has 1 aromatic heterocycles. The van der Waals surface area contributed by atoms with Crippen LogP contribution in [0, 0.1) is 6.92 Å². The van der Waals surface area contributed by atoms with Crippen molar-refractivity contribution >= 4 is 33.5 Å². The predicted octanol–water partition coefficient (Wildman–Crippen LogP) is 4.15. The van der Waals surface area contributed by atoms with Gasteiger partial charge in [-0.3, -0.25) is 0 Å². The van der Waals surface area contributed by atoms with Gasteiger partial charge >= 0.3 is 0 Å². The molecule has 0 spiro atoms. The summed E-state index contributed by atoms with van der Waals surface area (Å²) in [5, 5.41) is 4.04. The van der Waals surface area contributed by atoms with Gasteiger partial charge in [-0.05, 0) is 48.8 Å². The molecule has 0 amide bonds. The van der Waals surface area contributed by atoms with E-state index in [1.54, 1.807) is 11.8 Å². The van der Waals surface area contributed by atoms with E-state index in [2.05, 4.69) is 52.9 Å². The normalized spacial score (nSPS) is 10.9. The molecule has 0 saturated heterocycles. The molecule has 0 N–H and O–H groups in total. The third-order valence-electron chi connectivity index (χ3n) is 2.48. The van der Waals surface area contributed by atoms with Gasteiger partial charge in [-0.1, -0.05) is 33.9 Å². The maximum Gasteiger partial charge on any atom is 0.106 e. The van der Waals surface area contributed by atoms with E-state index in [-0.39, 0.29) is 0 Å². The largest absolute Gasteiger partial charge is 0.138 e. The van der Waals surface area contributed by atoms with E-state index in [9.17, 15) is 0 Å². The Morgan fingerprint density at radius 3 is 2.59 bits per heavy atom. The van der Waals surface area contributed by atoms with Gasteiger partial charge in [0.15, 0.2) is 0 Å². The van der Waals surface area contributed by atoms with Gasteiger partial charge in [0.2, 0.25) is 0 Å². The molecule has 0 bridgehead atoms. The highest BCUT2D eigenvalue weighted by atomic mass is 32.2. The van der Waals surface area contributed by atoms with Crippen molar-refractivity contribution in [3.63, 3.8) is 0 Å². The molecule has 0 aliphatic carbocycles. The fourth-order valence-electron chi connectivity index (χ4n) is 1.56. The van der Waals surface area contributed by atoms with Crippen molar-refractivity contribution in [1.29, 1.82) is 0 Å². The summed E-state index contributed by atoms with van der Waals surface area (Å²) < 4.78 is 5.08. The molecule has 84 valence electrons. The Balaban J connectivity index is 1.91. The van der Waals surface area contributed by atoms with Gasteiger partial charge in [0.05, 0.1) is 4.70 Å². The zero-order valence-corrected chi connectivity index (χ0v) is 10.9. The number of hydrogen-bond donors (Lipinski definition) is 0.